The van der Waals surface area contributed by atoms with Crippen LogP contribution in [0.5, 0.6) is 0 Å². The van der Waals surface area contributed by atoms with Crippen molar-refractivity contribution < 1.29 is 4.74 Å². The number of nitrogens with one attached hydrogen (secondary N) is 1. The zero-order chi connectivity index (χ0) is 12.1. The molecule has 2 fully saturated rings. The highest BCUT2D eigenvalue weighted by Gasteiger charge is 2.33. The summed E-state index contributed by atoms with van der Waals surface area (Å²) < 4.78 is 5.26. The summed E-state index contributed by atoms with van der Waals surface area (Å²) in [5, 5.41) is 3.73. The molecular formula is C14H28N2O. The van der Waals surface area contributed by atoms with Crippen LogP contribution < -0.4 is 5.32 Å². The quantitative estimate of drug-likeness (QED) is 0.699. The van der Waals surface area contributed by atoms with Crippen molar-refractivity contribution in [1.29, 1.82) is 0 Å². The Balaban J connectivity index is 1.70. The molecule has 2 atom stereocenters. The summed E-state index contributed by atoms with van der Waals surface area (Å²) >= 11 is 0. The fraction of sp³-hybridized carbons (Fsp3) is 1.00. The molecule has 0 bridgehead atoms. The van der Waals surface area contributed by atoms with Gasteiger partial charge < -0.3 is 15.0 Å². The number of methoxy groups -OCH3 is 1. The van der Waals surface area contributed by atoms with Gasteiger partial charge in [-0.3, -0.25) is 0 Å². The molecule has 1 aliphatic carbocycles. The van der Waals surface area contributed by atoms with Crippen LogP contribution in [0.3, 0.4) is 0 Å². The first kappa shape index (κ1) is 13.3. The van der Waals surface area contributed by atoms with E-state index >= 15 is 0 Å². The third-order valence-electron chi connectivity index (χ3n) is 4.07. The molecule has 3 nitrogen and oxygen atoms in total. The Morgan fingerprint density at radius 3 is 2.82 bits per heavy atom. The van der Waals surface area contributed by atoms with E-state index in [4.69, 9.17) is 4.74 Å². The van der Waals surface area contributed by atoms with Crippen molar-refractivity contribution in [3.63, 3.8) is 0 Å². The zero-order valence-corrected chi connectivity index (χ0v) is 11.5. The standard InChI is InChI=1S/C14H28N2O/c1-3-7-15-14(13-4-5-13)10-16-8-6-12(9-16)11-17-2/h12-15H,3-11H2,1-2H3. The lowest BCUT2D eigenvalue weighted by Gasteiger charge is -2.24. The summed E-state index contributed by atoms with van der Waals surface area (Å²) in [5.41, 5.74) is 0. The maximum atomic E-state index is 5.26. The normalized spacial score (nSPS) is 27.5. The highest BCUT2D eigenvalue weighted by atomic mass is 16.5. The first-order valence-corrected chi connectivity index (χ1v) is 7.28. The molecule has 3 heteroatoms. The van der Waals surface area contributed by atoms with Crippen molar-refractivity contribution in [2.75, 3.05) is 39.9 Å². The molecule has 0 spiro atoms. The van der Waals surface area contributed by atoms with Crippen LogP contribution >= 0.6 is 0 Å². The molecule has 0 radical (unpaired) electrons. The van der Waals surface area contributed by atoms with Crippen LogP contribution in [0.4, 0.5) is 0 Å². The SMILES string of the molecule is CCCNC(CN1CCC(COC)C1)C1CC1. The smallest absolute Gasteiger partial charge is 0.0503 e. The van der Waals surface area contributed by atoms with E-state index in [0.29, 0.717) is 0 Å². The average Bonchev–Trinajstić information content (AvgIpc) is 3.08. The Hall–Kier alpha value is -0.120. The third-order valence-corrected chi connectivity index (χ3v) is 4.07. The van der Waals surface area contributed by atoms with E-state index < -0.39 is 0 Å². The second-order valence-corrected chi connectivity index (χ2v) is 5.77. The summed E-state index contributed by atoms with van der Waals surface area (Å²) in [6.07, 6.45) is 5.45. The monoisotopic (exact) mass is 240 g/mol. The second kappa shape index (κ2) is 6.72. The van der Waals surface area contributed by atoms with E-state index in [1.165, 1.54) is 51.9 Å². The van der Waals surface area contributed by atoms with E-state index in [1.54, 1.807) is 0 Å². The lowest BCUT2D eigenvalue weighted by molar-refractivity contribution is 0.151. The summed E-state index contributed by atoms with van der Waals surface area (Å²) in [7, 11) is 1.82. The van der Waals surface area contributed by atoms with E-state index in [-0.39, 0.29) is 0 Å². The number of likely N-dealkylation sites (tertiary alicyclic amines) is 1. The maximum Gasteiger partial charge on any atom is 0.0503 e. The Morgan fingerprint density at radius 1 is 1.35 bits per heavy atom. The molecule has 1 saturated heterocycles. The molecule has 2 unspecified atom stereocenters. The van der Waals surface area contributed by atoms with E-state index in [1.807, 2.05) is 7.11 Å². The lowest BCUT2D eigenvalue weighted by atomic mass is 10.1. The Kier molecular flexibility index (Phi) is 5.26. The molecule has 100 valence electrons. The summed E-state index contributed by atoms with van der Waals surface area (Å²) in [6, 6.07) is 0.747. The van der Waals surface area contributed by atoms with Gasteiger partial charge >= 0.3 is 0 Å². The molecule has 1 heterocycles. The molecule has 1 aliphatic heterocycles. The molecular weight excluding hydrogens is 212 g/mol. The highest BCUT2D eigenvalue weighted by Crippen LogP contribution is 2.33. The first-order valence-electron chi connectivity index (χ1n) is 7.28. The molecule has 2 aliphatic rings. The van der Waals surface area contributed by atoms with E-state index in [9.17, 15) is 0 Å². The molecule has 0 aromatic heterocycles. The van der Waals surface area contributed by atoms with Gasteiger partial charge in [0.2, 0.25) is 0 Å². The van der Waals surface area contributed by atoms with Crippen LogP contribution in [-0.4, -0.2) is 50.8 Å². The zero-order valence-electron chi connectivity index (χ0n) is 11.5. The van der Waals surface area contributed by atoms with Crippen molar-refractivity contribution in [1.82, 2.24) is 10.2 Å². The van der Waals surface area contributed by atoms with Gasteiger partial charge in [-0.05, 0) is 50.6 Å². The number of hydrogen-bond donors (Lipinski definition) is 1. The number of nitrogens with zero attached hydrogens (tertiary/aromatic N) is 1. The fourth-order valence-electron chi connectivity index (χ4n) is 2.94. The molecule has 0 aromatic carbocycles. The van der Waals surface area contributed by atoms with Crippen LogP contribution in [0.25, 0.3) is 0 Å². The first-order chi connectivity index (χ1) is 8.33. The fourth-order valence-corrected chi connectivity index (χ4v) is 2.94. The highest BCUT2D eigenvalue weighted by molar-refractivity contribution is 4.90. The minimum absolute atomic E-state index is 0.747. The minimum atomic E-state index is 0.747. The second-order valence-electron chi connectivity index (χ2n) is 5.77. The molecule has 0 amide bonds. The van der Waals surface area contributed by atoms with E-state index in [2.05, 4.69) is 17.1 Å². The average molecular weight is 240 g/mol. The number of rotatable bonds is 8. The van der Waals surface area contributed by atoms with Crippen molar-refractivity contribution in [2.45, 2.75) is 38.6 Å². The van der Waals surface area contributed by atoms with Gasteiger partial charge in [0, 0.05) is 26.2 Å². The summed E-state index contributed by atoms with van der Waals surface area (Å²) in [5.74, 6) is 1.73. The predicted molar refractivity (Wildman–Crippen MR) is 71.2 cm³/mol. The van der Waals surface area contributed by atoms with Crippen LogP contribution in [0, 0.1) is 11.8 Å². The Bertz CT molecular complexity index is 218. The van der Waals surface area contributed by atoms with Crippen molar-refractivity contribution >= 4 is 0 Å². The van der Waals surface area contributed by atoms with Crippen LogP contribution in [0.2, 0.25) is 0 Å². The Morgan fingerprint density at radius 2 is 2.18 bits per heavy atom. The Labute approximate surface area is 106 Å². The summed E-state index contributed by atoms with van der Waals surface area (Å²) in [6.45, 7) is 8.13. The minimum Gasteiger partial charge on any atom is -0.384 e. The van der Waals surface area contributed by atoms with Crippen molar-refractivity contribution in [2.24, 2.45) is 11.8 Å². The van der Waals surface area contributed by atoms with Gasteiger partial charge in [0.15, 0.2) is 0 Å². The van der Waals surface area contributed by atoms with Gasteiger partial charge in [-0.25, -0.2) is 0 Å². The third kappa shape index (κ3) is 4.23. The van der Waals surface area contributed by atoms with Gasteiger partial charge in [-0.15, -0.1) is 0 Å². The van der Waals surface area contributed by atoms with Gasteiger partial charge in [-0.2, -0.15) is 0 Å². The predicted octanol–water partition coefficient (Wildman–Crippen LogP) is 1.73. The lowest BCUT2D eigenvalue weighted by Crippen LogP contribution is -2.42. The van der Waals surface area contributed by atoms with Gasteiger partial charge in [0.25, 0.3) is 0 Å². The summed E-state index contributed by atoms with van der Waals surface area (Å²) in [4.78, 5) is 2.63. The van der Waals surface area contributed by atoms with Crippen molar-refractivity contribution in [3.8, 4) is 0 Å². The molecule has 1 saturated carbocycles. The largest absolute Gasteiger partial charge is 0.384 e. The molecule has 1 N–H and O–H groups in total. The van der Waals surface area contributed by atoms with Crippen LogP contribution in [-0.2, 0) is 4.74 Å². The van der Waals surface area contributed by atoms with Crippen molar-refractivity contribution in [3.05, 3.63) is 0 Å². The molecule has 17 heavy (non-hydrogen) atoms. The molecule has 2 rings (SSSR count). The topological polar surface area (TPSA) is 24.5 Å². The van der Waals surface area contributed by atoms with Gasteiger partial charge in [0.05, 0.1) is 6.61 Å². The van der Waals surface area contributed by atoms with E-state index in [0.717, 1.165) is 24.5 Å². The van der Waals surface area contributed by atoms with Gasteiger partial charge in [-0.1, -0.05) is 6.92 Å². The maximum absolute atomic E-state index is 5.26. The van der Waals surface area contributed by atoms with Crippen LogP contribution in [0.15, 0.2) is 0 Å². The number of hydrogen-bond acceptors (Lipinski definition) is 3. The van der Waals surface area contributed by atoms with Gasteiger partial charge in [0.1, 0.15) is 0 Å². The number of ether oxygens (including phenoxy) is 1. The van der Waals surface area contributed by atoms with Crippen LogP contribution in [0.1, 0.15) is 32.6 Å². The molecule has 0 aromatic rings.